The van der Waals surface area contributed by atoms with Crippen LogP contribution in [0.25, 0.3) is 0 Å². The van der Waals surface area contributed by atoms with Crippen LogP contribution in [0.2, 0.25) is 0 Å². The van der Waals surface area contributed by atoms with Crippen LogP contribution in [0.15, 0.2) is 12.7 Å². The molecule has 12 heavy (non-hydrogen) atoms. The molecule has 0 aromatic rings. The SMILES string of the molecule is C=CC(=O)OCCCCCNC. The molecule has 0 rings (SSSR count). The molecule has 0 heterocycles. The Bertz CT molecular complexity index is 134. The summed E-state index contributed by atoms with van der Waals surface area (Å²) < 4.78 is 4.79. The van der Waals surface area contributed by atoms with Crippen molar-refractivity contribution < 1.29 is 9.53 Å². The van der Waals surface area contributed by atoms with Crippen LogP contribution in [0.4, 0.5) is 0 Å². The van der Waals surface area contributed by atoms with E-state index >= 15 is 0 Å². The van der Waals surface area contributed by atoms with Crippen LogP contribution in [-0.2, 0) is 9.53 Å². The van der Waals surface area contributed by atoms with Gasteiger partial charge in [0.2, 0.25) is 0 Å². The minimum absolute atomic E-state index is 0.330. The van der Waals surface area contributed by atoms with Crippen LogP contribution in [0.1, 0.15) is 19.3 Å². The predicted octanol–water partition coefficient (Wildman–Crippen LogP) is 1.11. The average Bonchev–Trinajstić information content (AvgIpc) is 2.10. The second-order valence-electron chi connectivity index (χ2n) is 2.54. The molecular weight excluding hydrogens is 154 g/mol. The first-order valence-corrected chi connectivity index (χ1v) is 4.25. The number of nitrogens with one attached hydrogen (secondary N) is 1. The van der Waals surface area contributed by atoms with E-state index in [0.29, 0.717) is 6.61 Å². The predicted molar refractivity (Wildman–Crippen MR) is 48.9 cm³/mol. The molecule has 0 aliphatic carbocycles. The van der Waals surface area contributed by atoms with Crippen LogP contribution in [0.3, 0.4) is 0 Å². The Morgan fingerprint density at radius 2 is 2.25 bits per heavy atom. The van der Waals surface area contributed by atoms with E-state index in [2.05, 4.69) is 11.9 Å². The highest BCUT2D eigenvalue weighted by Gasteiger charge is 1.93. The van der Waals surface area contributed by atoms with Crippen molar-refractivity contribution in [2.24, 2.45) is 0 Å². The van der Waals surface area contributed by atoms with Crippen molar-refractivity contribution in [1.29, 1.82) is 0 Å². The largest absolute Gasteiger partial charge is 0.463 e. The first-order chi connectivity index (χ1) is 5.81. The summed E-state index contributed by atoms with van der Waals surface area (Å²) in [5.41, 5.74) is 0. The van der Waals surface area contributed by atoms with E-state index in [-0.39, 0.29) is 5.97 Å². The minimum Gasteiger partial charge on any atom is -0.463 e. The molecule has 0 spiro atoms. The van der Waals surface area contributed by atoms with Crippen molar-refractivity contribution in [1.82, 2.24) is 5.32 Å². The van der Waals surface area contributed by atoms with Gasteiger partial charge >= 0.3 is 5.97 Å². The van der Waals surface area contributed by atoms with Crippen LogP contribution < -0.4 is 5.32 Å². The molecule has 0 unspecified atom stereocenters. The fourth-order valence-corrected chi connectivity index (χ4v) is 0.812. The first-order valence-electron chi connectivity index (χ1n) is 4.25. The third-order valence-corrected chi connectivity index (χ3v) is 1.48. The molecule has 0 saturated heterocycles. The smallest absolute Gasteiger partial charge is 0.330 e. The fourth-order valence-electron chi connectivity index (χ4n) is 0.812. The van der Waals surface area contributed by atoms with E-state index in [1.165, 1.54) is 6.08 Å². The lowest BCUT2D eigenvalue weighted by molar-refractivity contribution is -0.137. The molecule has 1 N–H and O–H groups in total. The summed E-state index contributed by atoms with van der Waals surface area (Å²) >= 11 is 0. The second kappa shape index (κ2) is 8.27. The molecule has 0 bridgehead atoms. The van der Waals surface area contributed by atoms with Gasteiger partial charge in [-0.1, -0.05) is 6.58 Å². The van der Waals surface area contributed by atoms with Crippen molar-refractivity contribution >= 4 is 5.97 Å². The van der Waals surface area contributed by atoms with Gasteiger partial charge in [0.05, 0.1) is 6.61 Å². The lowest BCUT2D eigenvalue weighted by atomic mass is 10.2. The van der Waals surface area contributed by atoms with Crippen molar-refractivity contribution in [3.05, 3.63) is 12.7 Å². The van der Waals surface area contributed by atoms with E-state index in [9.17, 15) is 4.79 Å². The number of rotatable bonds is 7. The van der Waals surface area contributed by atoms with Crippen molar-refractivity contribution in [2.45, 2.75) is 19.3 Å². The first kappa shape index (κ1) is 11.2. The van der Waals surface area contributed by atoms with Gasteiger partial charge in [0.25, 0.3) is 0 Å². The molecular formula is C9H17NO2. The van der Waals surface area contributed by atoms with Crippen molar-refractivity contribution in [3.63, 3.8) is 0 Å². The lowest BCUT2D eigenvalue weighted by Gasteiger charge is -2.01. The number of esters is 1. The Labute approximate surface area is 73.8 Å². The number of unbranched alkanes of at least 4 members (excludes halogenated alkanes) is 2. The topological polar surface area (TPSA) is 38.3 Å². The van der Waals surface area contributed by atoms with Gasteiger partial charge in [0.1, 0.15) is 0 Å². The Morgan fingerprint density at radius 3 is 2.83 bits per heavy atom. The maximum atomic E-state index is 10.5. The number of hydrogen-bond donors (Lipinski definition) is 1. The zero-order chi connectivity index (χ0) is 9.23. The van der Waals surface area contributed by atoms with Gasteiger partial charge < -0.3 is 10.1 Å². The Morgan fingerprint density at radius 1 is 1.50 bits per heavy atom. The van der Waals surface area contributed by atoms with Crippen molar-refractivity contribution in [3.8, 4) is 0 Å². The third kappa shape index (κ3) is 7.28. The zero-order valence-electron chi connectivity index (χ0n) is 7.64. The summed E-state index contributed by atoms with van der Waals surface area (Å²) in [7, 11) is 1.93. The molecule has 3 heteroatoms. The molecule has 70 valence electrons. The molecule has 0 saturated carbocycles. The normalized spacial score (nSPS) is 9.42. The molecule has 0 aliphatic heterocycles. The fraction of sp³-hybridized carbons (Fsp3) is 0.667. The van der Waals surface area contributed by atoms with Crippen LogP contribution in [0, 0.1) is 0 Å². The van der Waals surface area contributed by atoms with Gasteiger partial charge in [-0.05, 0) is 32.9 Å². The van der Waals surface area contributed by atoms with Crippen LogP contribution in [0.5, 0.6) is 0 Å². The Kier molecular flexibility index (Phi) is 7.70. The highest BCUT2D eigenvalue weighted by atomic mass is 16.5. The van der Waals surface area contributed by atoms with Gasteiger partial charge in [-0.2, -0.15) is 0 Å². The number of carbonyl (C=O) groups excluding carboxylic acids is 1. The minimum atomic E-state index is -0.330. The third-order valence-electron chi connectivity index (χ3n) is 1.48. The molecule has 0 atom stereocenters. The summed E-state index contributed by atoms with van der Waals surface area (Å²) in [6, 6.07) is 0. The molecule has 3 nitrogen and oxygen atoms in total. The second-order valence-corrected chi connectivity index (χ2v) is 2.54. The maximum Gasteiger partial charge on any atom is 0.330 e. The molecule has 0 amide bonds. The van der Waals surface area contributed by atoms with Gasteiger partial charge in [-0.3, -0.25) is 0 Å². The van der Waals surface area contributed by atoms with Gasteiger partial charge in [0.15, 0.2) is 0 Å². The summed E-state index contributed by atoms with van der Waals surface area (Å²) in [4.78, 5) is 10.5. The summed E-state index contributed by atoms with van der Waals surface area (Å²) in [6.45, 7) is 4.84. The molecule has 0 aromatic carbocycles. The quantitative estimate of drug-likeness (QED) is 0.354. The molecule has 0 fully saturated rings. The van der Waals surface area contributed by atoms with E-state index in [1.54, 1.807) is 0 Å². The highest BCUT2D eigenvalue weighted by molar-refractivity contribution is 5.81. The number of ether oxygens (including phenoxy) is 1. The van der Waals surface area contributed by atoms with Crippen LogP contribution in [-0.4, -0.2) is 26.2 Å². The van der Waals surface area contributed by atoms with E-state index in [0.717, 1.165) is 25.8 Å². The molecule has 0 aromatic heterocycles. The summed E-state index contributed by atoms with van der Waals surface area (Å²) in [6.07, 6.45) is 4.34. The number of carbonyl (C=O) groups is 1. The molecule has 0 aliphatic rings. The lowest BCUT2D eigenvalue weighted by Crippen LogP contribution is -2.08. The van der Waals surface area contributed by atoms with Gasteiger partial charge in [-0.25, -0.2) is 4.79 Å². The van der Waals surface area contributed by atoms with E-state index in [4.69, 9.17) is 4.74 Å². The number of hydrogen-bond acceptors (Lipinski definition) is 3. The standard InChI is InChI=1S/C9H17NO2/c1-3-9(11)12-8-6-4-5-7-10-2/h3,10H,1,4-8H2,2H3. The van der Waals surface area contributed by atoms with E-state index in [1.807, 2.05) is 7.05 Å². The van der Waals surface area contributed by atoms with Gasteiger partial charge in [-0.15, -0.1) is 0 Å². The summed E-state index contributed by atoms with van der Waals surface area (Å²) in [5, 5.41) is 3.05. The maximum absolute atomic E-state index is 10.5. The van der Waals surface area contributed by atoms with Crippen LogP contribution >= 0.6 is 0 Å². The Hall–Kier alpha value is -0.830. The molecule has 0 radical (unpaired) electrons. The monoisotopic (exact) mass is 171 g/mol. The van der Waals surface area contributed by atoms with Gasteiger partial charge in [0, 0.05) is 6.08 Å². The summed E-state index contributed by atoms with van der Waals surface area (Å²) in [5.74, 6) is -0.330. The zero-order valence-corrected chi connectivity index (χ0v) is 7.64. The Balaban J connectivity index is 3.00. The average molecular weight is 171 g/mol. The van der Waals surface area contributed by atoms with Crippen molar-refractivity contribution in [2.75, 3.05) is 20.2 Å². The van der Waals surface area contributed by atoms with E-state index < -0.39 is 0 Å². The highest BCUT2D eigenvalue weighted by Crippen LogP contribution is 1.94.